The van der Waals surface area contributed by atoms with Crippen LogP contribution in [0, 0.1) is 17.8 Å². The molecule has 4 heteroatoms. The van der Waals surface area contributed by atoms with Gasteiger partial charge in [0.25, 0.3) is 0 Å². The summed E-state index contributed by atoms with van der Waals surface area (Å²) < 4.78 is 0. The van der Waals surface area contributed by atoms with Crippen LogP contribution in [0.2, 0.25) is 5.02 Å². The number of nitrogens with zero attached hydrogens (tertiary/aromatic N) is 2. The molecule has 0 radical (unpaired) electrons. The van der Waals surface area contributed by atoms with Gasteiger partial charge in [-0.2, -0.15) is 0 Å². The molecular formula is C28H44ClN3. The molecule has 1 N–H and O–H groups in total. The highest BCUT2D eigenvalue weighted by Crippen LogP contribution is 2.39. The summed E-state index contributed by atoms with van der Waals surface area (Å²) >= 11 is 6.65. The standard InChI is InChI=1S/C28H44ClN3/c1-20(2)11-14-31(15-12-21(3)4)27-18-24(29)16-23-17-25(30-28(23)27)26-10-7-13-32(26)19-22-8-5-6-9-22/h16-18,20-22,26,30H,5-15,19H2,1-4H3. The molecule has 2 aliphatic rings. The third kappa shape index (κ3) is 5.83. The largest absolute Gasteiger partial charge is 0.370 e. The molecule has 3 nitrogen and oxygen atoms in total. The fourth-order valence-electron chi connectivity index (χ4n) is 5.74. The Hall–Kier alpha value is -1.19. The Balaban J connectivity index is 1.61. The number of halogens is 1. The number of aromatic amines is 1. The quantitative estimate of drug-likeness (QED) is 0.389. The van der Waals surface area contributed by atoms with Gasteiger partial charge in [-0.3, -0.25) is 4.90 Å². The van der Waals surface area contributed by atoms with Crippen molar-refractivity contribution in [1.29, 1.82) is 0 Å². The number of nitrogens with one attached hydrogen (secondary N) is 1. The highest BCUT2D eigenvalue weighted by Gasteiger charge is 2.30. The van der Waals surface area contributed by atoms with Gasteiger partial charge < -0.3 is 9.88 Å². The molecule has 1 unspecified atom stereocenters. The lowest BCUT2D eigenvalue weighted by atomic mass is 10.1. The summed E-state index contributed by atoms with van der Waals surface area (Å²) in [5.41, 5.74) is 3.97. The number of hydrogen-bond donors (Lipinski definition) is 1. The molecule has 4 rings (SSSR count). The molecule has 1 saturated heterocycles. The summed E-state index contributed by atoms with van der Waals surface area (Å²) in [6.45, 7) is 14.0. The number of benzene rings is 1. The van der Waals surface area contributed by atoms with E-state index in [1.807, 2.05) is 0 Å². The smallest absolute Gasteiger partial charge is 0.0695 e. The van der Waals surface area contributed by atoms with Crippen LogP contribution < -0.4 is 4.90 Å². The molecule has 2 fully saturated rings. The Kier molecular flexibility index (Phi) is 8.10. The first-order valence-electron chi connectivity index (χ1n) is 13.2. The first kappa shape index (κ1) is 24.0. The maximum Gasteiger partial charge on any atom is 0.0695 e. The molecule has 2 heterocycles. The van der Waals surface area contributed by atoms with E-state index >= 15 is 0 Å². The van der Waals surface area contributed by atoms with Gasteiger partial charge in [0.15, 0.2) is 0 Å². The summed E-state index contributed by atoms with van der Waals surface area (Å²) in [6, 6.07) is 7.27. The second-order valence-electron chi connectivity index (χ2n) is 11.3. The van der Waals surface area contributed by atoms with Gasteiger partial charge in [-0.25, -0.2) is 0 Å². The van der Waals surface area contributed by atoms with E-state index in [0.717, 1.165) is 24.0 Å². The van der Waals surface area contributed by atoms with Crippen molar-refractivity contribution in [2.24, 2.45) is 17.8 Å². The number of hydrogen-bond acceptors (Lipinski definition) is 2. The number of rotatable bonds is 10. The minimum Gasteiger partial charge on any atom is -0.370 e. The highest BCUT2D eigenvalue weighted by molar-refractivity contribution is 6.32. The average molecular weight is 458 g/mol. The van der Waals surface area contributed by atoms with Gasteiger partial charge in [0, 0.05) is 41.8 Å². The van der Waals surface area contributed by atoms with E-state index in [9.17, 15) is 0 Å². The molecule has 2 aromatic rings. The predicted octanol–water partition coefficient (Wildman–Crippen LogP) is 8.05. The SMILES string of the molecule is CC(C)CCN(CCC(C)C)c1cc(Cl)cc2cc(C3CCCN3CC3CCCC3)[nH]c12. The van der Waals surface area contributed by atoms with Gasteiger partial charge in [0.2, 0.25) is 0 Å². The van der Waals surface area contributed by atoms with Gasteiger partial charge in [0.05, 0.1) is 11.2 Å². The highest BCUT2D eigenvalue weighted by atomic mass is 35.5. The van der Waals surface area contributed by atoms with E-state index in [-0.39, 0.29) is 0 Å². The van der Waals surface area contributed by atoms with E-state index in [1.54, 1.807) is 0 Å². The van der Waals surface area contributed by atoms with Gasteiger partial charge in [-0.15, -0.1) is 0 Å². The number of likely N-dealkylation sites (tertiary alicyclic amines) is 1. The van der Waals surface area contributed by atoms with Crippen LogP contribution in [0.5, 0.6) is 0 Å². The van der Waals surface area contributed by atoms with Crippen molar-refractivity contribution in [3.63, 3.8) is 0 Å². The molecule has 1 aliphatic heterocycles. The summed E-state index contributed by atoms with van der Waals surface area (Å²) in [5, 5.41) is 2.13. The normalized spacial score (nSPS) is 20.4. The molecule has 0 spiro atoms. The maximum atomic E-state index is 6.65. The maximum absolute atomic E-state index is 6.65. The van der Waals surface area contributed by atoms with Gasteiger partial charge in [-0.1, -0.05) is 52.1 Å². The van der Waals surface area contributed by atoms with Crippen LogP contribution in [0.1, 0.15) is 90.8 Å². The lowest BCUT2D eigenvalue weighted by molar-refractivity contribution is 0.214. The van der Waals surface area contributed by atoms with Crippen molar-refractivity contribution in [2.75, 3.05) is 31.1 Å². The van der Waals surface area contributed by atoms with Crippen LogP contribution in [-0.2, 0) is 0 Å². The van der Waals surface area contributed by atoms with Crippen molar-refractivity contribution in [3.05, 3.63) is 28.9 Å². The Morgan fingerprint density at radius 3 is 2.31 bits per heavy atom. The summed E-state index contributed by atoms with van der Waals surface area (Å²) in [5.74, 6) is 2.31. The molecule has 32 heavy (non-hydrogen) atoms. The summed E-state index contributed by atoms with van der Waals surface area (Å²) in [7, 11) is 0. The van der Waals surface area contributed by atoms with Crippen molar-refractivity contribution >= 4 is 28.2 Å². The number of H-pyrrole nitrogens is 1. The van der Waals surface area contributed by atoms with Crippen LogP contribution in [0.25, 0.3) is 10.9 Å². The topological polar surface area (TPSA) is 22.3 Å². The number of fused-ring (bicyclic) bond motifs is 1. The molecular weight excluding hydrogens is 414 g/mol. The second-order valence-corrected chi connectivity index (χ2v) is 11.7. The lowest BCUT2D eigenvalue weighted by Gasteiger charge is -2.28. The van der Waals surface area contributed by atoms with Crippen molar-refractivity contribution in [1.82, 2.24) is 9.88 Å². The predicted molar refractivity (Wildman–Crippen MR) is 140 cm³/mol. The zero-order valence-electron chi connectivity index (χ0n) is 20.8. The molecule has 1 aromatic heterocycles. The van der Waals surface area contributed by atoms with E-state index in [4.69, 9.17) is 11.6 Å². The minimum absolute atomic E-state index is 0.536. The van der Waals surface area contributed by atoms with E-state index in [1.165, 1.54) is 86.7 Å². The zero-order chi connectivity index (χ0) is 22.7. The Labute approximate surface area is 200 Å². The number of anilines is 1. The molecule has 1 saturated carbocycles. The molecule has 0 amide bonds. The lowest BCUT2D eigenvalue weighted by Crippen LogP contribution is -2.28. The molecule has 0 bridgehead atoms. The van der Waals surface area contributed by atoms with Gasteiger partial charge in [-0.05, 0) is 81.0 Å². The van der Waals surface area contributed by atoms with Crippen LogP contribution in [-0.4, -0.2) is 36.1 Å². The van der Waals surface area contributed by atoms with Gasteiger partial charge >= 0.3 is 0 Å². The summed E-state index contributed by atoms with van der Waals surface area (Å²) in [4.78, 5) is 9.25. The van der Waals surface area contributed by atoms with Crippen LogP contribution in [0.4, 0.5) is 5.69 Å². The second kappa shape index (κ2) is 10.8. The van der Waals surface area contributed by atoms with Gasteiger partial charge in [0.1, 0.15) is 0 Å². The van der Waals surface area contributed by atoms with Crippen LogP contribution in [0.15, 0.2) is 18.2 Å². The monoisotopic (exact) mass is 457 g/mol. The first-order chi connectivity index (χ1) is 15.4. The molecule has 178 valence electrons. The fourth-order valence-corrected chi connectivity index (χ4v) is 5.96. The molecule has 1 atom stereocenters. The first-order valence-corrected chi connectivity index (χ1v) is 13.6. The molecule has 1 aromatic carbocycles. The van der Waals surface area contributed by atoms with E-state index in [2.05, 4.69) is 60.7 Å². The minimum atomic E-state index is 0.536. The third-order valence-electron chi connectivity index (χ3n) is 7.68. The Morgan fingerprint density at radius 2 is 1.66 bits per heavy atom. The van der Waals surface area contributed by atoms with Crippen LogP contribution in [0.3, 0.4) is 0 Å². The van der Waals surface area contributed by atoms with E-state index < -0.39 is 0 Å². The third-order valence-corrected chi connectivity index (χ3v) is 7.89. The summed E-state index contributed by atoms with van der Waals surface area (Å²) in [6.07, 6.45) is 10.7. The zero-order valence-corrected chi connectivity index (χ0v) is 21.6. The van der Waals surface area contributed by atoms with Crippen molar-refractivity contribution < 1.29 is 0 Å². The fraction of sp³-hybridized carbons (Fsp3) is 0.714. The average Bonchev–Trinajstić information content (AvgIpc) is 3.48. The Bertz CT molecular complexity index is 853. The Morgan fingerprint density at radius 1 is 0.969 bits per heavy atom. The number of aromatic nitrogens is 1. The van der Waals surface area contributed by atoms with Crippen molar-refractivity contribution in [2.45, 2.75) is 85.1 Å². The molecule has 1 aliphatic carbocycles. The van der Waals surface area contributed by atoms with Crippen molar-refractivity contribution in [3.8, 4) is 0 Å². The van der Waals surface area contributed by atoms with E-state index in [0.29, 0.717) is 17.9 Å². The van der Waals surface area contributed by atoms with Crippen LogP contribution >= 0.6 is 11.6 Å².